The molecule has 6 rings (SSSR count). The van der Waals surface area contributed by atoms with Crippen molar-refractivity contribution >= 4 is 69.5 Å². The van der Waals surface area contributed by atoms with Gasteiger partial charge in [0.15, 0.2) is 17.2 Å². The summed E-state index contributed by atoms with van der Waals surface area (Å²) in [6, 6.07) is 2.81. The van der Waals surface area contributed by atoms with Crippen molar-refractivity contribution in [1.29, 1.82) is 0 Å². The van der Waals surface area contributed by atoms with E-state index in [1.165, 1.54) is 24.3 Å². The summed E-state index contributed by atoms with van der Waals surface area (Å²) in [6.45, 7) is -0.674. The lowest BCUT2D eigenvalue weighted by molar-refractivity contribution is -0.150. The van der Waals surface area contributed by atoms with Crippen molar-refractivity contribution in [3.8, 4) is 23.0 Å². The van der Waals surface area contributed by atoms with Gasteiger partial charge in [-0.25, -0.2) is 9.48 Å². The minimum atomic E-state index is -1.61. The molecule has 4 heterocycles. The lowest BCUT2D eigenvalue weighted by Gasteiger charge is -2.49. The van der Waals surface area contributed by atoms with Crippen LogP contribution in [0.3, 0.4) is 0 Å². The highest BCUT2D eigenvalue weighted by Crippen LogP contribution is 2.42. The van der Waals surface area contributed by atoms with Gasteiger partial charge in [0, 0.05) is 11.3 Å². The minimum absolute atomic E-state index is 0.0429. The Labute approximate surface area is 291 Å². The molecule has 1 saturated heterocycles. The Balaban J connectivity index is 1.26. The molecule has 0 aliphatic carbocycles. The van der Waals surface area contributed by atoms with Crippen LogP contribution < -0.4 is 16.1 Å². The highest BCUT2D eigenvalue weighted by molar-refractivity contribution is 8.00. The number of hydrogen-bond donors (Lipinski definition) is 8. The van der Waals surface area contributed by atoms with Crippen LogP contribution in [0.2, 0.25) is 0 Å². The van der Waals surface area contributed by atoms with Crippen molar-refractivity contribution in [2.75, 3.05) is 5.75 Å². The lowest BCUT2D eigenvalue weighted by Crippen LogP contribution is -2.71. The number of rotatable bonds is 10. The molecule has 262 valence electrons. The Morgan fingerprint density at radius 3 is 2.43 bits per heavy atom. The van der Waals surface area contributed by atoms with Gasteiger partial charge in [-0.3, -0.25) is 28.9 Å². The fourth-order valence-electron chi connectivity index (χ4n) is 5.33. The van der Waals surface area contributed by atoms with Crippen molar-refractivity contribution < 1.29 is 59.0 Å². The second-order valence-corrected chi connectivity index (χ2v) is 12.4. The fourth-order valence-corrected chi connectivity index (χ4v) is 7.09. The molecular formula is C29H21N7O13S2. The van der Waals surface area contributed by atoms with E-state index < -0.39 is 98.6 Å². The zero-order valence-corrected chi connectivity index (χ0v) is 26.8. The number of thioether (sulfide) groups is 1. The normalized spacial score (nSPS) is 17.3. The highest BCUT2D eigenvalue weighted by Gasteiger charge is 2.55. The number of β-lactam (4-membered cyclic amide) rings is 1. The number of tetrazole rings is 1. The van der Waals surface area contributed by atoms with Crippen molar-refractivity contribution in [2.24, 2.45) is 0 Å². The second-order valence-electron chi connectivity index (χ2n) is 10.9. The molecule has 4 aromatic rings. The van der Waals surface area contributed by atoms with E-state index >= 15 is 0 Å². The Kier molecular flexibility index (Phi) is 8.78. The van der Waals surface area contributed by atoms with E-state index in [2.05, 4.69) is 26.2 Å². The summed E-state index contributed by atoms with van der Waals surface area (Å²) in [6.07, 6.45) is 0.663. The maximum Gasteiger partial charge on any atom is 0.353 e. The van der Waals surface area contributed by atoms with Crippen LogP contribution in [0.4, 0.5) is 0 Å². The Bertz CT molecular complexity index is 2290. The Morgan fingerprint density at radius 2 is 1.76 bits per heavy atom. The maximum atomic E-state index is 13.7. The van der Waals surface area contributed by atoms with Crippen LogP contribution in [0.15, 0.2) is 57.1 Å². The zero-order chi connectivity index (χ0) is 36.9. The maximum absolute atomic E-state index is 13.7. The van der Waals surface area contributed by atoms with Gasteiger partial charge in [-0.2, -0.15) is 0 Å². The molecule has 20 nitrogen and oxygen atoms in total. The molecule has 8 N–H and O–H groups in total. The third kappa shape index (κ3) is 6.01. The molecule has 2 aliphatic heterocycles. The molecular weight excluding hydrogens is 718 g/mol. The van der Waals surface area contributed by atoms with Gasteiger partial charge >= 0.3 is 11.9 Å². The van der Waals surface area contributed by atoms with E-state index in [9.17, 15) is 54.3 Å². The number of nitrogens with one attached hydrogen (secondary N) is 2. The van der Waals surface area contributed by atoms with Crippen molar-refractivity contribution in [2.45, 2.75) is 24.0 Å². The molecule has 2 aromatic carbocycles. The van der Waals surface area contributed by atoms with E-state index in [1.54, 1.807) is 0 Å². The van der Waals surface area contributed by atoms with Crippen molar-refractivity contribution in [1.82, 2.24) is 35.7 Å². The molecule has 0 saturated carbocycles. The summed E-state index contributed by atoms with van der Waals surface area (Å²) >= 11 is 6.42. The van der Waals surface area contributed by atoms with Crippen molar-refractivity contribution in [3.05, 3.63) is 75.0 Å². The Morgan fingerprint density at radius 1 is 1.06 bits per heavy atom. The van der Waals surface area contributed by atoms with Gasteiger partial charge in [0.2, 0.25) is 22.8 Å². The van der Waals surface area contributed by atoms with Gasteiger partial charge in [0.05, 0.1) is 10.3 Å². The number of aromatic nitrogens is 4. The molecule has 3 amide bonds. The quantitative estimate of drug-likeness (QED) is 0.0432. The smallest absolute Gasteiger partial charge is 0.353 e. The molecule has 51 heavy (non-hydrogen) atoms. The average Bonchev–Trinajstić information content (AvgIpc) is 3.55. The van der Waals surface area contributed by atoms with Crippen LogP contribution in [0, 0.1) is 0 Å². The van der Waals surface area contributed by atoms with Gasteiger partial charge < -0.3 is 45.7 Å². The number of aromatic hydroxyl groups is 4. The number of fused-ring (bicyclic) bond motifs is 2. The summed E-state index contributed by atoms with van der Waals surface area (Å²) in [5, 5.41) is 72.7. The van der Waals surface area contributed by atoms with Gasteiger partial charge in [0.1, 0.15) is 47.3 Å². The van der Waals surface area contributed by atoms with E-state index in [4.69, 9.17) is 21.7 Å². The number of carbonyl (C=O) groups excluding carboxylic acids is 3. The monoisotopic (exact) mass is 739 g/mol. The molecule has 2 aromatic heterocycles. The molecule has 0 spiro atoms. The second kappa shape index (κ2) is 13.1. The number of amides is 3. The van der Waals surface area contributed by atoms with Gasteiger partial charge in [-0.05, 0) is 34.2 Å². The van der Waals surface area contributed by atoms with Crippen LogP contribution in [0.1, 0.15) is 27.8 Å². The van der Waals surface area contributed by atoms with E-state index in [1.807, 2.05) is 0 Å². The summed E-state index contributed by atoms with van der Waals surface area (Å²) in [5.41, 5.74) is -2.74. The van der Waals surface area contributed by atoms with Crippen molar-refractivity contribution in [3.63, 3.8) is 0 Å². The third-order valence-corrected chi connectivity index (χ3v) is 9.47. The summed E-state index contributed by atoms with van der Waals surface area (Å²) < 4.78 is 6.03. The predicted molar refractivity (Wildman–Crippen MR) is 173 cm³/mol. The lowest BCUT2D eigenvalue weighted by atomic mass is 9.99. The largest absolute Gasteiger partial charge is 0.508 e. The Hall–Kier alpha value is -6.55. The highest BCUT2D eigenvalue weighted by atomic mass is 32.2. The molecule has 1 unspecified atom stereocenters. The first-order valence-corrected chi connectivity index (χ1v) is 15.7. The number of phenols is 4. The van der Waals surface area contributed by atoms with Crippen LogP contribution >= 0.6 is 24.0 Å². The number of nitrogens with zero attached hydrogens (tertiary/aromatic N) is 5. The molecule has 0 radical (unpaired) electrons. The standard InChI is InChI=1S/C29H21N7O13S2/c37-10-3-1-9(2-4-10)16(30-25(44)12-7-49-22-11(19(12)41)5-14(38)20(42)21(22)43)26(45)31-17-27(46)36-18(29(47)48)13(8-51-28(17)36)23(50)24-32-33-34-35(24)6-15(39)40/h1-5,7,16-17,28,37-38,42-43H,6,8H2,(H,30,44)(H,31,45)(H,39,40)(H,47,48)/t16?,17-,28+/m1/s1. The van der Waals surface area contributed by atoms with Crippen LogP contribution in [-0.4, -0.2) is 107 Å². The first-order chi connectivity index (χ1) is 24.2. The number of carbonyl (C=O) groups is 5. The number of phenolic OH excluding ortho intramolecular Hbond substituents is 4. The summed E-state index contributed by atoms with van der Waals surface area (Å²) in [5.74, 6) is -9.16. The predicted octanol–water partition coefficient (Wildman–Crippen LogP) is -0.686. The topological polar surface area (TPSA) is 308 Å². The van der Waals surface area contributed by atoms with E-state index in [0.717, 1.165) is 27.4 Å². The van der Waals surface area contributed by atoms with Gasteiger partial charge in [-0.1, -0.05) is 24.4 Å². The van der Waals surface area contributed by atoms with E-state index in [0.29, 0.717) is 6.26 Å². The third-order valence-electron chi connectivity index (χ3n) is 7.76. The van der Waals surface area contributed by atoms with Crippen LogP contribution in [-0.2, 0) is 25.7 Å². The fraction of sp³-hybridized carbons (Fsp3) is 0.172. The summed E-state index contributed by atoms with van der Waals surface area (Å²) in [7, 11) is 0. The molecule has 3 atom stereocenters. The SMILES string of the molecule is O=C(O)Cn1nnnc1C(=S)C1=C(C(=O)O)N2C(=O)[C@@H](NC(=O)C(NC(=O)c3coc4c(O)c(O)c(O)cc4c3=O)c3ccc(O)cc3)[C@@H]2SC1. The molecule has 0 bridgehead atoms. The van der Waals surface area contributed by atoms with E-state index in [-0.39, 0.29) is 33.3 Å². The number of benzene rings is 2. The number of thiocarbonyl (C=S) groups is 1. The van der Waals surface area contributed by atoms with Gasteiger partial charge in [-0.15, -0.1) is 16.9 Å². The number of carboxylic acids is 2. The average molecular weight is 740 g/mol. The molecule has 22 heteroatoms. The van der Waals surface area contributed by atoms with Gasteiger partial charge in [0.25, 0.3) is 11.8 Å². The number of aliphatic carboxylic acids is 2. The first-order valence-electron chi connectivity index (χ1n) is 14.2. The minimum Gasteiger partial charge on any atom is -0.508 e. The molecule has 2 aliphatic rings. The molecule has 1 fully saturated rings. The van der Waals surface area contributed by atoms with Crippen LogP contribution in [0.5, 0.6) is 23.0 Å². The summed E-state index contributed by atoms with van der Waals surface area (Å²) in [4.78, 5) is 78.0. The first kappa shape index (κ1) is 34.3. The number of carboxylic acid groups (broad SMARTS) is 2. The zero-order valence-electron chi connectivity index (χ0n) is 25.2. The van der Waals surface area contributed by atoms with Crippen LogP contribution in [0.25, 0.3) is 11.0 Å². The number of hydrogen-bond acceptors (Lipinski definition) is 16.